The van der Waals surface area contributed by atoms with Crippen LogP contribution in [0.2, 0.25) is 19.6 Å². The highest BCUT2D eigenvalue weighted by atomic mass is 28.3. The Morgan fingerprint density at radius 1 is 1.20 bits per heavy atom. The maximum atomic E-state index is 12.6. The van der Waals surface area contributed by atoms with Crippen molar-refractivity contribution in [2.45, 2.75) is 31.9 Å². The molecule has 1 aromatic carbocycles. The van der Waals surface area contributed by atoms with Crippen LogP contribution in [0.3, 0.4) is 0 Å². The maximum absolute atomic E-state index is 12.6. The summed E-state index contributed by atoms with van der Waals surface area (Å²) in [7, 11) is -1.82. The lowest BCUT2D eigenvalue weighted by Crippen LogP contribution is -2.17. The maximum Gasteiger partial charge on any atom is 0.410 e. The quantitative estimate of drug-likeness (QED) is 0.644. The SMILES string of the molecule is C[Si](C)(C)C#C/C(=C\C(F)(F)F)C(O)c1ccccc1. The van der Waals surface area contributed by atoms with E-state index in [0.717, 1.165) is 0 Å². The van der Waals surface area contributed by atoms with Crippen LogP contribution in [0, 0.1) is 11.5 Å². The summed E-state index contributed by atoms with van der Waals surface area (Å²) >= 11 is 0. The van der Waals surface area contributed by atoms with Crippen LogP contribution in [0.1, 0.15) is 11.7 Å². The number of halogens is 3. The molecule has 0 bridgehead atoms. The van der Waals surface area contributed by atoms with E-state index in [4.69, 9.17) is 0 Å². The van der Waals surface area contributed by atoms with E-state index in [-0.39, 0.29) is 11.6 Å². The number of hydrogen-bond acceptors (Lipinski definition) is 1. The Bertz CT molecular complexity index is 530. The summed E-state index contributed by atoms with van der Waals surface area (Å²) in [5.41, 5.74) is 2.94. The largest absolute Gasteiger partial charge is 0.410 e. The van der Waals surface area contributed by atoms with Crippen molar-refractivity contribution < 1.29 is 18.3 Å². The molecule has 1 N–H and O–H groups in total. The predicted molar refractivity (Wildman–Crippen MR) is 76.7 cm³/mol. The highest BCUT2D eigenvalue weighted by Crippen LogP contribution is 2.26. The molecule has 1 unspecified atom stereocenters. The van der Waals surface area contributed by atoms with E-state index in [2.05, 4.69) is 11.5 Å². The van der Waals surface area contributed by atoms with Crippen LogP contribution >= 0.6 is 0 Å². The zero-order valence-electron chi connectivity index (χ0n) is 11.6. The molecule has 5 heteroatoms. The van der Waals surface area contributed by atoms with Gasteiger partial charge in [0, 0.05) is 11.6 Å². The molecule has 0 fully saturated rings. The minimum Gasteiger partial charge on any atom is -0.383 e. The minimum absolute atomic E-state index is 0.0812. The van der Waals surface area contributed by atoms with Crippen LogP contribution in [0.25, 0.3) is 0 Å². The fourth-order valence-corrected chi connectivity index (χ4v) is 1.95. The molecule has 0 aliphatic rings. The molecule has 0 spiro atoms. The topological polar surface area (TPSA) is 20.2 Å². The first-order valence-electron chi connectivity index (χ1n) is 6.14. The molecule has 20 heavy (non-hydrogen) atoms. The molecule has 0 aliphatic carbocycles. The summed E-state index contributed by atoms with van der Waals surface area (Å²) in [6.45, 7) is 5.79. The van der Waals surface area contributed by atoms with Gasteiger partial charge in [0.05, 0.1) is 0 Å². The first-order chi connectivity index (χ1) is 9.08. The van der Waals surface area contributed by atoms with E-state index >= 15 is 0 Å². The van der Waals surface area contributed by atoms with E-state index in [1.807, 2.05) is 19.6 Å². The second-order valence-corrected chi connectivity index (χ2v) is 10.2. The van der Waals surface area contributed by atoms with Crippen molar-refractivity contribution in [3.63, 3.8) is 0 Å². The number of alkyl halides is 3. The molecule has 0 saturated carbocycles. The lowest BCUT2D eigenvalue weighted by molar-refractivity contribution is -0.0810. The lowest BCUT2D eigenvalue weighted by atomic mass is 10.0. The fourth-order valence-electron chi connectivity index (χ4n) is 1.43. The van der Waals surface area contributed by atoms with Crippen LogP contribution in [-0.4, -0.2) is 19.4 Å². The third kappa shape index (κ3) is 6.09. The Labute approximate surface area is 118 Å². The first kappa shape index (κ1) is 16.5. The van der Waals surface area contributed by atoms with Crippen molar-refractivity contribution in [1.82, 2.24) is 0 Å². The zero-order valence-corrected chi connectivity index (χ0v) is 12.6. The van der Waals surface area contributed by atoms with Gasteiger partial charge < -0.3 is 5.11 Å². The van der Waals surface area contributed by atoms with Crippen LogP contribution in [0.15, 0.2) is 42.0 Å². The summed E-state index contributed by atoms with van der Waals surface area (Å²) in [5.74, 6) is 2.52. The van der Waals surface area contributed by atoms with E-state index in [1.165, 1.54) is 0 Å². The third-order valence-corrected chi connectivity index (χ3v) is 3.19. The zero-order chi connectivity index (χ0) is 15.4. The van der Waals surface area contributed by atoms with E-state index in [1.54, 1.807) is 30.3 Å². The third-order valence-electron chi connectivity index (χ3n) is 2.31. The van der Waals surface area contributed by atoms with Gasteiger partial charge in [0.15, 0.2) is 0 Å². The van der Waals surface area contributed by atoms with Crippen molar-refractivity contribution in [2.24, 2.45) is 0 Å². The standard InChI is InChI=1S/C15H17F3OSi/c1-20(2,3)10-9-13(11-15(16,17)18)14(19)12-7-5-4-6-8-12/h4-8,11,14,19H,1-3H3/b13-11+. The molecule has 0 aromatic heterocycles. The molecule has 0 heterocycles. The fraction of sp³-hybridized carbons (Fsp3) is 0.333. The smallest absolute Gasteiger partial charge is 0.383 e. The molecule has 1 aromatic rings. The van der Waals surface area contributed by atoms with Gasteiger partial charge in [0.2, 0.25) is 0 Å². The van der Waals surface area contributed by atoms with Gasteiger partial charge in [-0.3, -0.25) is 0 Å². The molecule has 108 valence electrons. The molecule has 0 amide bonds. The van der Waals surface area contributed by atoms with E-state index in [9.17, 15) is 18.3 Å². The van der Waals surface area contributed by atoms with Gasteiger partial charge in [-0.2, -0.15) is 13.2 Å². The van der Waals surface area contributed by atoms with Gasteiger partial charge in [-0.25, -0.2) is 0 Å². The molecule has 0 radical (unpaired) electrons. The van der Waals surface area contributed by atoms with Crippen LogP contribution in [0.5, 0.6) is 0 Å². The van der Waals surface area contributed by atoms with Gasteiger partial charge in [-0.15, -0.1) is 5.54 Å². The van der Waals surface area contributed by atoms with Crippen molar-refractivity contribution in [1.29, 1.82) is 0 Å². The average molecular weight is 298 g/mol. The lowest BCUT2D eigenvalue weighted by Gasteiger charge is -2.13. The van der Waals surface area contributed by atoms with E-state index in [0.29, 0.717) is 5.56 Å². The molecule has 1 rings (SSSR count). The molecule has 0 saturated heterocycles. The number of benzene rings is 1. The second kappa shape index (κ2) is 6.29. The van der Waals surface area contributed by atoms with Crippen LogP contribution in [0.4, 0.5) is 13.2 Å². The average Bonchev–Trinajstić information content (AvgIpc) is 2.32. The van der Waals surface area contributed by atoms with Crippen LogP contribution in [-0.2, 0) is 0 Å². The van der Waals surface area contributed by atoms with Crippen LogP contribution < -0.4 is 0 Å². The van der Waals surface area contributed by atoms with Gasteiger partial charge >= 0.3 is 6.18 Å². The molecular weight excluding hydrogens is 281 g/mol. The summed E-state index contributed by atoms with van der Waals surface area (Å²) < 4.78 is 37.7. The number of aliphatic hydroxyl groups is 1. The summed E-state index contributed by atoms with van der Waals surface area (Å²) in [6, 6.07) is 8.21. The highest BCUT2D eigenvalue weighted by Gasteiger charge is 2.27. The number of rotatable bonds is 2. The number of allylic oxidation sites excluding steroid dienone is 1. The van der Waals surface area contributed by atoms with Gasteiger partial charge in [0.25, 0.3) is 0 Å². The first-order valence-corrected chi connectivity index (χ1v) is 9.64. The van der Waals surface area contributed by atoms with Gasteiger partial charge in [0.1, 0.15) is 14.2 Å². The molecular formula is C15H17F3OSi. The van der Waals surface area contributed by atoms with Crippen molar-refractivity contribution in [3.8, 4) is 11.5 Å². The highest BCUT2D eigenvalue weighted by molar-refractivity contribution is 6.83. The Kier molecular flexibility index (Phi) is 5.20. The van der Waals surface area contributed by atoms with E-state index < -0.39 is 20.4 Å². The Morgan fingerprint density at radius 3 is 2.20 bits per heavy atom. The second-order valence-electron chi connectivity index (χ2n) is 5.45. The monoisotopic (exact) mass is 298 g/mol. The Hall–Kier alpha value is -1.51. The minimum atomic E-state index is -4.50. The normalized spacial score (nSPS) is 14.4. The Balaban J connectivity index is 3.18. The predicted octanol–water partition coefficient (Wildman–Crippen LogP) is 4.09. The summed E-state index contributed by atoms with van der Waals surface area (Å²) in [4.78, 5) is 0. The number of aliphatic hydroxyl groups excluding tert-OH is 1. The Morgan fingerprint density at radius 2 is 1.75 bits per heavy atom. The van der Waals surface area contributed by atoms with Gasteiger partial charge in [-0.05, 0) is 5.56 Å². The summed E-state index contributed by atoms with van der Waals surface area (Å²) in [6.07, 6.45) is -5.78. The van der Waals surface area contributed by atoms with Crippen molar-refractivity contribution >= 4 is 8.07 Å². The summed E-state index contributed by atoms with van der Waals surface area (Å²) in [5, 5.41) is 10.1. The van der Waals surface area contributed by atoms with Gasteiger partial charge in [-0.1, -0.05) is 55.9 Å². The number of hydrogen-bond donors (Lipinski definition) is 1. The molecule has 0 aliphatic heterocycles. The van der Waals surface area contributed by atoms with Crippen molar-refractivity contribution in [3.05, 3.63) is 47.5 Å². The molecule has 1 nitrogen and oxygen atoms in total. The van der Waals surface area contributed by atoms with Crippen molar-refractivity contribution in [2.75, 3.05) is 0 Å². The molecule has 1 atom stereocenters.